The average Bonchev–Trinajstić information content (AvgIpc) is 2.87. The molecule has 112 valence electrons. The fourth-order valence-corrected chi connectivity index (χ4v) is 2.67. The molecule has 0 aromatic carbocycles. The van der Waals surface area contributed by atoms with E-state index in [9.17, 15) is 4.79 Å². The zero-order chi connectivity index (χ0) is 14.5. The molecule has 6 heteroatoms. The second kappa shape index (κ2) is 6.83. The quantitative estimate of drug-likeness (QED) is 0.767. The van der Waals surface area contributed by atoms with Crippen molar-refractivity contribution < 1.29 is 9.53 Å². The van der Waals surface area contributed by atoms with E-state index in [1.165, 1.54) is 0 Å². The molecule has 1 unspecified atom stereocenters. The van der Waals surface area contributed by atoms with E-state index in [1.807, 2.05) is 11.6 Å². The van der Waals surface area contributed by atoms with E-state index >= 15 is 0 Å². The number of rotatable bonds is 5. The Kier molecular flexibility index (Phi) is 5.11. The van der Waals surface area contributed by atoms with Crippen LogP contribution in [0.3, 0.4) is 0 Å². The summed E-state index contributed by atoms with van der Waals surface area (Å²) in [6.07, 6.45) is 3.55. The van der Waals surface area contributed by atoms with Crippen LogP contribution in [-0.2, 0) is 16.1 Å². The van der Waals surface area contributed by atoms with Gasteiger partial charge in [-0.25, -0.2) is 9.67 Å². The number of carbonyl (C=O) groups excluding carboxylic acids is 1. The summed E-state index contributed by atoms with van der Waals surface area (Å²) in [5.74, 6) is 0.895. The third-order valence-electron chi connectivity index (χ3n) is 3.63. The highest BCUT2D eigenvalue weighted by Crippen LogP contribution is 2.20. The second-order valence-corrected chi connectivity index (χ2v) is 5.54. The molecule has 2 rings (SSSR count). The third-order valence-corrected chi connectivity index (χ3v) is 3.63. The predicted octanol–water partition coefficient (Wildman–Crippen LogP) is 1.63. The van der Waals surface area contributed by atoms with Crippen LogP contribution < -0.4 is 0 Å². The van der Waals surface area contributed by atoms with Gasteiger partial charge in [-0.1, -0.05) is 0 Å². The molecule has 6 nitrogen and oxygen atoms in total. The van der Waals surface area contributed by atoms with Crippen molar-refractivity contribution in [2.75, 3.05) is 19.7 Å². The van der Waals surface area contributed by atoms with Crippen LogP contribution in [0.1, 0.15) is 45.5 Å². The van der Waals surface area contributed by atoms with Gasteiger partial charge in [-0.05, 0) is 40.2 Å². The van der Waals surface area contributed by atoms with Crippen molar-refractivity contribution in [3.05, 3.63) is 12.2 Å². The van der Waals surface area contributed by atoms with E-state index in [-0.39, 0.29) is 11.9 Å². The van der Waals surface area contributed by atoms with Gasteiger partial charge in [0.25, 0.3) is 0 Å². The number of esters is 1. The first kappa shape index (κ1) is 15.0. The molecule has 20 heavy (non-hydrogen) atoms. The molecule has 2 heterocycles. The van der Waals surface area contributed by atoms with Crippen molar-refractivity contribution in [2.24, 2.45) is 5.92 Å². The Morgan fingerprint density at radius 3 is 3.05 bits per heavy atom. The first-order chi connectivity index (χ1) is 9.61. The summed E-state index contributed by atoms with van der Waals surface area (Å²) in [7, 11) is 0. The van der Waals surface area contributed by atoms with Gasteiger partial charge in [0.05, 0.1) is 19.1 Å². The standard InChI is InChI=1S/C14H24N4O2/c1-4-20-14(19)12-6-5-7-17(8-12)9-13-15-10-16-18(13)11(2)3/h10-12H,4-9H2,1-3H3. The topological polar surface area (TPSA) is 60.2 Å². The zero-order valence-corrected chi connectivity index (χ0v) is 12.6. The number of carbonyl (C=O) groups is 1. The number of nitrogens with zero attached hydrogens (tertiary/aromatic N) is 4. The van der Waals surface area contributed by atoms with E-state index < -0.39 is 0 Å². The number of piperidine rings is 1. The molecule has 1 aromatic heterocycles. The van der Waals surface area contributed by atoms with Crippen LogP contribution in [0.2, 0.25) is 0 Å². The number of hydrogen-bond donors (Lipinski definition) is 0. The lowest BCUT2D eigenvalue weighted by atomic mass is 9.98. The van der Waals surface area contributed by atoms with Crippen molar-refractivity contribution >= 4 is 5.97 Å². The molecule has 0 amide bonds. The van der Waals surface area contributed by atoms with Crippen molar-refractivity contribution in [3.8, 4) is 0 Å². The molecule has 1 atom stereocenters. The number of likely N-dealkylation sites (tertiary alicyclic amines) is 1. The predicted molar refractivity (Wildman–Crippen MR) is 75.0 cm³/mol. The average molecular weight is 280 g/mol. The molecule has 0 radical (unpaired) electrons. The Labute approximate surface area is 120 Å². The minimum Gasteiger partial charge on any atom is -0.466 e. The van der Waals surface area contributed by atoms with Gasteiger partial charge in [0.15, 0.2) is 0 Å². The highest BCUT2D eigenvalue weighted by Gasteiger charge is 2.27. The monoisotopic (exact) mass is 280 g/mol. The van der Waals surface area contributed by atoms with Gasteiger partial charge in [0, 0.05) is 12.6 Å². The molecule has 0 N–H and O–H groups in total. The second-order valence-electron chi connectivity index (χ2n) is 5.54. The SMILES string of the molecule is CCOC(=O)C1CCCN(Cc2ncnn2C(C)C)C1. The normalized spacial score (nSPS) is 20.3. The highest BCUT2D eigenvalue weighted by molar-refractivity contribution is 5.72. The molecule has 0 spiro atoms. The Morgan fingerprint density at radius 2 is 2.35 bits per heavy atom. The lowest BCUT2D eigenvalue weighted by Crippen LogP contribution is -2.39. The minimum atomic E-state index is -0.0671. The molecule has 0 saturated carbocycles. The fourth-order valence-electron chi connectivity index (χ4n) is 2.67. The van der Waals surface area contributed by atoms with Crippen molar-refractivity contribution in [1.29, 1.82) is 0 Å². The van der Waals surface area contributed by atoms with Gasteiger partial charge >= 0.3 is 5.97 Å². The van der Waals surface area contributed by atoms with Gasteiger partial charge in [0.2, 0.25) is 0 Å². The van der Waals surface area contributed by atoms with E-state index in [4.69, 9.17) is 4.74 Å². The molecule has 1 aliphatic heterocycles. The summed E-state index contributed by atoms with van der Waals surface area (Å²) in [6, 6.07) is 0.304. The molecule has 1 aromatic rings. The number of hydrogen-bond acceptors (Lipinski definition) is 5. The van der Waals surface area contributed by atoms with E-state index in [0.717, 1.165) is 38.3 Å². The van der Waals surface area contributed by atoms with Crippen molar-refractivity contribution in [3.63, 3.8) is 0 Å². The Bertz CT molecular complexity index is 444. The molecule has 1 fully saturated rings. The fraction of sp³-hybridized carbons (Fsp3) is 0.786. The van der Waals surface area contributed by atoms with E-state index in [2.05, 4.69) is 28.8 Å². The van der Waals surface area contributed by atoms with E-state index in [1.54, 1.807) is 6.33 Å². The lowest BCUT2D eigenvalue weighted by molar-refractivity contribution is -0.150. The van der Waals surface area contributed by atoms with Crippen molar-refractivity contribution in [1.82, 2.24) is 19.7 Å². The summed E-state index contributed by atoms with van der Waals surface area (Å²) in [5, 5.41) is 4.25. The van der Waals surface area contributed by atoms with Crippen LogP contribution in [-0.4, -0.2) is 45.3 Å². The number of aromatic nitrogens is 3. The van der Waals surface area contributed by atoms with Gasteiger partial charge < -0.3 is 4.74 Å². The Hall–Kier alpha value is -1.43. The molecule has 1 aliphatic rings. The largest absolute Gasteiger partial charge is 0.466 e. The smallest absolute Gasteiger partial charge is 0.310 e. The highest BCUT2D eigenvalue weighted by atomic mass is 16.5. The lowest BCUT2D eigenvalue weighted by Gasteiger charge is -2.31. The maximum Gasteiger partial charge on any atom is 0.310 e. The zero-order valence-electron chi connectivity index (χ0n) is 12.6. The summed E-state index contributed by atoms with van der Waals surface area (Å²) >= 11 is 0. The molecule has 0 bridgehead atoms. The molecule has 1 saturated heterocycles. The van der Waals surface area contributed by atoms with Crippen LogP contribution in [0, 0.1) is 5.92 Å². The van der Waals surface area contributed by atoms with Gasteiger partial charge in [-0.3, -0.25) is 9.69 Å². The summed E-state index contributed by atoms with van der Waals surface area (Å²) in [4.78, 5) is 18.4. The van der Waals surface area contributed by atoms with Crippen LogP contribution in [0.4, 0.5) is 0 Å². The maximum atomic E-state index is 11.8. The van der Waals surface area contributed by atoms with Gasteiger partial charge in [-0.2, -0.15) is 5.10 Å². The first-order valence-corrected chi connectivity index (χ1v) is 7.39. The van der Waals surface area contributed by atoms with Crippen LogP contribution in [0.15, 0.2) is 6.33 Å². The van der Waals surface area contributed by atoms with Crippen LogP contribution in [0.25, 0.3) is 0 Å². The third kappa shape index (κ3) is 3.56. The molecular formula is C14H24N4O2. The van der Waals surface area contributed by atoms with Crippen LogP contribution >= 0.6 is 0 Å². The van der Waals surface area contributed by atoms with Gasteiger partial charge in [-0.15, -0.1) is 0 Å². The Morgan fingerprint density at radius 1 is 1.55 bits per heavy atom. The summed E-state index contributed by atoms with van der Waals surface area (Å²) in [5.41, 5.74) is 0. The maximum absolute atomic E-state index is 11.8. The van der Waals surface area contributed by atoms with Crippen molar-refractivity contribution in [2.45, 2.75) is 46.2 Å². The summed E-state index contributed by atoms with van der Waals surface area (Å²) in [6.45, 7) is 8.99. The summed E-state index contributed by atoms with van der Waals surface area (Å²) < 4.78 is 7.07. The van der Waals surface area contributed by atoms with E-state index in [0.29, 0.717) is 12.6 Å². The number of ether oxygens (including phenoxy) is 1. The molecular weight excluding hydrogens is 256 g/mol. The Balaban J connectivity index is 1.96. The first-order valence-electron chi connectivity index (χ1n) is 7.39. The minimum absolute atomic E-state index is 0.000813. The van der Waals surface area contributed by atoms with Crippen LogP contribution in [0.5, 0.6) is 0 Å². The molecule has 0 aliphatic carbocycles. The van der Waals surface area contributed by atoms with Gasteiger partial charge in [0.1, 0.15) is 12.2 Å².